The minimum Gasteiger partial charge on any atom is -0.399 e. The maximum absolute atomic E-state index is 5.69. The van der Waals surface area contributed by atoms with Crippen LogP contribution in [0.1, 0.15) is 26.2 Å². The quantitative estimate of drug-likeness (QED) is 0.440. The molecule has 0 aromatic heterocycles. The van der Waals surface area contributed by atoms with E-state index >= 15 is 0 Å². The van der Waals surface area contributed by atoms with Crippen molar-refractivity contribution in [2.24, 2.45) is 0 Å². The van der Waals surface area contributed by atoms with Gasteiger partial charge in [-0.25, -0.2) is 0 Å². The molecule has 6 N–H and O–H groups in total. The maximum atomic E-state index is 5.69. The van der Waals surface area contributed by atoms with Crippen LogP contribution in [0, 0.1) is 0 Å². The van der Waals surface area contributed by atoms with Crippen LogP contribution in [0.3, 0.4) is 0 Å². The highest BCUT2D eigenvalue weighted by Gasteiger charge is 2.02. The summed E-state index contributed by atoms with van der Waals surface area (Å²) in [6.07, 6.45) is 3.48. The fourth-order valence-corrected chi connectivity index (χ4v) is 2.35. The molecule has 0 spiro atoms. The zero-order valence-electron chi connectivity index (χ0n) is 13.2. The molecule has 0 saturated carbocycles. The van der Waals surface area contributed by atoms with Crippen LogP contribution in [0.25, 0.3) is 0 Å². The van der Waals surface area contributed by atoms with Crippen molar-refractivity contribution < 1.29 is 0 Å². The lowest BCUT2D eigenvalue weighted by Gasteiger charge is -2.15. The van der Waals surface area contributed by atoms with Gasteiger partial charge in [-0.05, 0) is 74.7 Å². The van der Waals surface area contributed by atoms with Crippen molar-refractivity contribution >= 4 is 22.7 Å². The Labute approximate surface area is 132 Å². The molecule has 1 unspecified atom stereocenters. The van der Waals surface area contributed by atoms with E-state index in [9.17, 15) is 0 Å². The van der Waals surface area contributed by atoms with E-state index in [1.54, 1.807) is 0 Å². The highest BCUT2D eigenvalue weighted by Crippen LogP contribution is 2.14. The molecule has 0 aliphatic rings. The van der Waals surface area contributed by atoms with E-state index in [0.29, 0.717) is 6.04 Å². The molecule has 1 atom stereocenters. The molecule has 4 heteroatoms. The van der Waals surface area contributed by atoms with Gasteiger partial charge in [0, 0.05) is 35.3 Å². The molecule has 0 fully saturated rings. The van der Waals surface area contributed by atoms with Gasteiger partial charge in [0.2, 0.25) is 0 Å². The smallest absolute Gasteiger partial charge is 0.0343 e. The standard InChI is InChI=1S/C18H26N4/c1-14(22-18-11-7-16(20)8-12-18)4-2-3-13-21-17-9-5-15(19)6-10-17/h5-12,14,21-22H,2-4,13,19-20H2,1H3. The van der Waals surface area contributed by atoms with Gasteiger partial charge in [-0.15, -0.1) is 0 Å². The van der Waals surface area contributed by atoms with Crippen LogP contribution in [-0.2, 0) is 0 Å². The third kappa shape index (κ3) is 5.56. The second-order valence-electron chi connectivity index (χ2n) is 5.71. The molecule has 0 amide bonds. The van der Waals surface area contributed by atoms with Crippen LogP contribution in [-0.4, -0.2) is 12.6 Å². The fraction of sp³-hybridized carbons (Fsp3) is 0.333. The van der Waals surface area contributed by atoms with Gasteiger partial charge in [0.05, 0.1) is 0 Å². The largest absolute Gasteiger partial charge is 0.399 e. The highest BCUT2D eigenvalue weighted by atomic mass is 14.9. The van der Waals surface area contributed by atoms with Gasteiger partial charge >= 0.3 is 0 Å². The molecule has 2 rings (SSSR count). The summed E-state index contributed by atoms with van der Waals surface area (Å²) in [5.41, 5.74) is 15.2. The predicted molar refractivity (Wildman–Crippen MR) is 97.1 cm³/mol. The van der Waals surface area contributed by atoms with Gasteiger partial charge in [0.1, 0.15) is 0 Å². The summed E-state index contributed by atoms with van der Waals surface area (Å²) in [4.78, 5) is 0. The van der Waals surface area contributed by atoms with Crippen molar-refractivity contribution in [2.45, 2.75) is 32.2 Å². The molecule has 0 heterocycles. The lowest BCUT2D eigenvalue weighted by Crippen LogP contribution is -2.15. The zero-order valence-corrected chi connectivity index (χ0v) is 13.2. The van der Waals surface area contributed by atoms with E-state index in [1.165, 1.54) is 6.42 Å². The average molecular weight is 298 g/mol. The molecule has 2 aromatic rings. The Morgan fingerprint density at radius 3 is 1.95 bits per heavy atom. The monoisotopic (exact) mass is 298 g/mol. The third-order valence-electron chi connectivity index (χ3n) is 3.63. The molecule has 0 saturated heterocycles. The highest BCUT2D eigenvalue weighted by molar-refractivity contribution is 5.52. The Kier molecular flexibility index (Phi) is 5.95. The van der Waals surface area contributed by atoms with E-state index in [4.69, 9.17) is 11.5 Å². The molecular formula is C18H26N4. The summed E-state index contributed by atoms with van der Waals surface area (Å²) in [7, 11) is 0. The first-order valence-corrected chi connectivity index (χ1v) is 7.85. The molecule has 0 radical (unpaired) electrons. The number of rotatable bonds is 8. The van der Waals surface area contributed by atoms with Gasteiger partial charge < -0.3 is 22.1 Å². The summed E-state index contributed by atoms with van der Waals surface area (Å²) in [6, 6.07) is 16.2. The Morgan fingerprint density at radius 2 is 1.36 bits per heavy atom. The van der Waals surface area contributed by atoms with Gasteiger partial charge in [-0.2, -0.15) is 0 Å². The molecular weight excluding hydrogens is 272 g/mol. The molecule has 118 valence electrons. The number of benzene rings is 2. The van der Waals surface area contributed by atoms with Crippen molar-refractivity contribution in [2.75, 3.05) is 28.6 Å². The van der Waals surface area contributed by atoms with Crippen LogP contribution in [0.5, 0.6) is 0 Å². The molecule has 4 nitrogen and oxygen atoms in total. The lowest BCUT2D eigenvalue weighted by atomic mass is 10.1. The third-order valence-corrected chi connectivity index (χ3v) is 3.63. The zero-order chi connectivity index (χ0) is 15.8. The Balaban J connectivity index is 1.59. The number of nitrogens with one attached hydrogen (secondary N) is 2. The van der Waals surface area contributed by atoms with Crippen molar-refractivity contribution in [1.82, 2.24) is 0 Å². The normalized spacial score (nSPS) is 11.9. The SMILES string of the molecule is CC(CCCCNc1ccc(N)cc1)Nc1ccc(N)cc1. The first-order chi connectivity index (χ1) is 10.6. The molecule has 0 aliphatic heterocycles. The second-order valence-corrected chi connectivity index (χ2v) is 5.71. The average Bonchev–Trinajstić information content (AvgIpc) is 2.51. The lowest BCUT2D eigenvalue weighted by molar-refractivity contribution is 0.634. The Hall–Kier alpha value is -2.36. The summed E-state index contributed by atoms with van der Waals surface area (Å²) in [5.74, 6) is 0. The van der Waals surface area contributed by atoms with Crippen molar-refractivity contribution in [3.63, 3.8) is 0 Å². The van der Waals surface area contributed by atoms with Crippen LogP contribution in [0.2, 0.25) is 0 Å². The number of unbranched alkanes of at least 4 members (excludes halogenated alkanes) is 1. The molecule has 22 heavy (non-hydrogen) atoms. The van der Waals surface area contributed by atoms with E-state index in [2.05, 4.69) is 17.6 Å². The Morgan fingerprint density at radius 1 is 0.818 bits per heavy atom. The van der Waals surface area contributed by atoms with E-state index < -0.39 is 0 Å². The summed E-state index contributed by atoms with van der Waals surface area (Å²) in [6.45, 7) is 3.20. The Bertz CT molecular complexity index is 548. The van der Waals surface area contributed by atoms with E-state index in [1.807, 2.05) is 48.5 Å². The summed E-state index contributed by atoms with van der Waals surface area (Å²) in [5, 5.41) is 6.91. The fourth-order valence-electron chi connectivity index (χ4n) is 2.35. The minimum absolute atomic E-state index is 0.458. The van der Waals surface area contributed by atoms with Gasteiger partial charge in [0.25, 0.3) is 0 Å². The molecule has 0 aliphatic carbocycles. The summed E-state index contributed by atoms with van der Waals surface area (Å²) < 4.78 is 0. The number of anilines is 4. The second kappa shape index (κ2) is 8.17. The minimum atomic E-state index is 0.458. The number of nitrogens with two attached hydrogens (primary N) is 2. The van der Waals surface area contributed by atoms with Crippen LogP contribution in [0.15, 0.2) is 48.5 Å². The first-order valence-electron chi connectivity index (χ1n) is 7.85. The van der Waals surface area contributed by atoms with Crippen LogP contribution in [0.4, 0.5) is 22.7 Å². The van der Waals surface area contributed by atoms with E-state index in [-0.39, 0.29) is 0 Å². The van der Waals surface area contributed by atoms with Gasteiger partial charge in [-0.3, -0.25) is 0 Å². The molecule has 2 aromatic carbocycles. The molecule has 0 bridgehead atoms. The predicted octanol–water partition coefficient (Wildman–Crippen LogP) is 3.93. The van der Waals surface area contributed by atoms with Crippen molar-refractivity contribution in [3.8, 4) is 0 Å². The topological polar surface area (TPSA) is 76.1 Å². The first kappa shape index (κ1) is 16.0. The number of hydrogen-bond donors (Lipinski definition) is 4. The maximum Gasteiger partial charge on any atom is 0.0343 e. The number of nitrogen functional groups attached to an aromatic ring is 2. The van der Waals surface area contributed by atoms with Gasteiger partial charge in [0.15, 0.2) is 0 Å². The van der Waals surface area contributed by atoms with Crippen LogP contribution < -0.4 is 22.1 Å². The van der Waals surface area contributed by atoms with Crippen molar-refractivity contribution in [3.05, 3.63) is 48.5 Å². The van der Waals surface area contributed by atoms with Crippen molar-refractivity contribution in [1.29, 1.82) is 0 Å². The van der Waals surface area contributed by atoms with Gasteiger partial charge in [-0.1, -0.05) is 0 Å². The number of hydrogen-bond acceptors (Lipinski definition) is 4. The van der Waals surface area contributed by atoms with Crippen LogP contribution >= 0.6 is 0 Å². The van der Waals surface area contributed by atoms with E-state index in [0.717, 1.165) is 42.1 Å². The summed E-state index contributed by atoms with van der Waals surface area (Å²) >= 11 is 0.